The lowest BCUT2D eigenvalue weighted by Crippen LogP contribution is -2.54. The van der Waals surface area contributed by atoms with Crippen LogP contribution in [0.4, 0.5) is 0 Å². The van der Waals surface area contributed by atoms with Crippen LogP contribution in [0.1, 0.15) is 53.9 Å². The molecule has 3 rings (SSSR count). The molecule has 1 nitrogen and oxygen atoms in total. The summed E-state index contributed by atoms with van der Waals surface area (Å²) in [6.07, 6.45) is 4.28. The second kappa shape index (κ2) is 5.58. The molecule has 1 aliphatic carbocycles. The highest BCUT2D eigenvalue weighted by Crippen LogP contribution is 2.46. The number of piperidine rings is 2. The lowest BCUT2D eigenvalue weighted by atomic mass is 9.62. The van der Waals surface area contributed by atoms with Gasteiger partial charge in [-0.05, 0) is 31.2 Å². The molecular formula is C11H25N. The fraction of sp³-hybridized carbons (Fsp3) is 1.00. The van der Waals surface area contributed by atoms with E-state index in [4.69, 9.17) is 0 Å². The van der Waals surface area contributed by atoms with Crippen LogP contribution in [0.3, 0.4) is 0 Å². The van der Waals surface area contributed by atoms with Gasteiger partial charge in [0, 0.05) is 6.04 Å². The van der Waals surface area contributed by atoms with Crippen molar-refractivity contribution in [3.63, 3.8) is 0 Å². The van der Waals surface area contributed by atoms with E-state index in [1.165, 1.54) is 25.8 Å². The third kappa shape index (κ3) is 2.78. The first-order valence-electron chi connectivity index (χ1n) is 5.52. The summed E-state index contributed by atoms with van der Waals surface area (Å²) in [5.41, 5.74) is 0.760. The van der Waals surface area contributed by atoms with Gasteiger partial charge < -0.3 is 5.32 Å². The molecule has 2 bridgehead atoms. The van der Waals surface area contributed by atoms with E-state index in [9.17, 15) is 0 Å². The van der Waals surface area contributed by atoms with Gasteiger partial charge in [-0.3, -0.25) is 0 Å². The number of hydrogen-bond acceptors (Lipinski definition) is 1. The van der Waals surface area contributed by atoms with E-state index < -0.39 is 0 Å². The van der Waals surface area contributed by atoms with E-state index in [2.05, 4.69) is 12.2 Å². The van der Waals surface area contributed by atoms with Gasteiger partial charge >= 0.3 is 0 Å². The maximum atomic E-state index is 3.47. The molecule has 0 amide bonds. The molecule has 74 valence electrons. The molecule has 12 heavy (non-hydrogen) atoms. The van der Waals surface area contributed by atoms with E-state index in [0.29, 0.717) is 0 Å². The van der Waals surface area contributed by atoms with Crippen molar-refractivity contribution in [1.82, 2.24) is 5.32 Å². The molecule has 3 aliphatic rings. The van der Waals surface area contributed by atoms with Gasteiger partial charge in [0.05, 0.1) is 0 Å². The highest BCUT2D eigenvalue weighted by molar-refractivity contribution is 4.98. The van der Waals surface area contributed by atoms with Gasteiger partial charge in [-0.25, -0.2) is 0 Å². The Balaban J connectivity index is 0.000000269. The molecular weight excluding hydrogens is 146 g/mol. The highest BCUT2D eigenvalue weighted by atomic mass is 15.0. The monoisotopic (exact) mass is 171 g/mol. The van der Waals surface area contributed by atoms with E-state index in [-0.39, 0.29) is 0 Å². The van der Waals surface area contributed by atoms with Crippen molar-refractivity contribution in [2.45, 2.75) is 59.9 Å². The summed E-state index contributed by atoms with van der Waals surface area (Å²) in [5, 5.41) is 3.47. The maximum absolute atomic E-state index is 3.47. The largest absolute Gasteiger partial charge is 0.314 e. The van der Waals surface area contributed by atoms with Crippen molar-refractivity contribution >= 4 is 0 Å². The molecule has 2 saturated heterocycles. The average Bonchev–Trinajstić information content (AvgIpc) is 2.10. The van der Waals surface area contributed by atoms with E-state index in [1.807, 2.05) is 27.7 Å². The van der Waals surface area contributed by atoms with E-state index in [0.717, 1.165) is 11.5 Å². The molecule has 2 heterocycles. The molecule has 3 fully saturated rings. The first-order valence-corrected chi connectivity index (χ1v) is 5.52. The lowest BCUT2D eigenvalue weighted by molar-refractivity contribution is 0.0503. The predicted octanol–water partition coefficient (Wildman–Crippen LogP) is 3.20. The van der Waals surface area contributed by atoms with Crippen LogP contribution in [0.2, 0.25) is 0 Å². The van der Waals surface area contributed by atoms with Gasteiger partial charge in [0.25, 0.3) is 0 Å². The predicted molar refractivity (Wildman–Crippen MR) is 56.4 cm³/mol. The van der Waals surface area contributed by atoms with Crippen LogP contribution in [0, 0.1) is 5.41 Å². The van der Waals surface area contributed by atoms with Crippen LogP contribution < -0.4 is 5.32 Å². The summed E-state index contributed by atoms with van der Waals surface area (Å²) >= 11 is 0. The van der Waals surface area contributed by atoms with Crippen molar-refractivity contribution in [3.05, 3.63) is 0 Å². The van der Waals surface area contributed by atoms with Crippen LogP contribution in [-0.2, 0) is 0 Å². The van der Waals surface area contributed by atoms with Gasteiger partial charge in [0.1, 0.15) is 0 Å². The van der Waals surface area contributed by atoms with Crippen LogP contribution in [0.5, 0.6) is 0 Å². The summed E-state index contributed by atoms with van der Waals surface area (Å²) in [5.74, 6) is 0. The topological polar surface area (TPSA) is 12.0 Å². The molecule has 0 unspecified atom stereocenters. The minimum absolute atomic E-state index is 0.760. The van der Waals surface area contributed by atoms with Crippen molar-refractivity contribution in [3.8, 4) is 0 Å². The molecule has 1 N–H and O–H groups in total. The van der Waals surface area contributed by atoms with Crippen LogP contribution >= 0.6 is 0 Å². The molecule has 1 heteroatoms. The molecule has 0 atom stereocenters. The van der Waals surface area contributed by atoms with Crippen molar-refractivity contribution in [1.29, 1.82) is 0 Å². The highest BCUT2D eigenvalue weighted by Gasteiger charge is 2.42. The van der Waals surface area contributed by atoms with E-state index in [1.54, 1.807) is 0 Å². The first kappa shape index (κ1) is 12.0. The molecule has 1 saturated carbocycles. The number of nitrogens with one attached hydrogen (secondary N) is 1. The van der Waals surface area contributed by atoms with Crippen LogP contribution in [0.25, 0.3) is 0 Å². The first-order chi connectivity index (χ1) is 5.79. The Hall–Kier alpha value is -0.0400. The van der Waals surface area contributed by atoms with Gasteiger partial charge in [0.2, 0.25) is 0 Å². The Labute approximate surface area is 77.9 Å². The smallest absolute Gasteiger partial charge is 0.00774 e. The molecule has 0 radical (unpaired) electrons. The summed E-state index contributed by atoms with van der Waals surface area (Å²) in [4.78, 5) is 0. The Morgan fingerprint density at radius 1 is 1.08 bits per heavy atom. The number of rotatable bonds is 0. The molecule has 0 aromatic rings. The minimum Gasteiger partial charge on any atom is -0.314 e. The van der Waals surface area contributed by atoms with Crippen molar-refractivity contribution in [2.75, 3.05) is 6.54 Å². The van der Waals surface area contributed by atoms with Crippen molar-refractivity contribution < 1.29 is 0 Å². The third-order valence-electron chi connectivity index (χ3n) is 2.64. The molecule has 0 aromatic carbocycles. The Morgan fingerprint density at radius 3 is 1.75 bits per heavy atom. The van der Waals surface area contributed by atoms with Gasteiger partial charge in [-0.15, -0.1) is 0 Å². The summed E-state index contributed by atoms with van der Waals surface area (Å²) in [7, 11) is 0. The normalized spacial score (nSPS) is 36.2. The molecule has 0 spiro atoms. The fourth-order valence-electron chi connectivity index (χ4n) is 2.06. The zero-order valence-corrected chi connectivity index (χ0v) is 9.41. The summed E-state index contributed by atoms with van der Waals surface area (Å²) < 4.78 is 0. The van der Waals surface area contributed by atoms with Gasteiger partial charge in [0.15, 0.2) is 0 Å². The van der Waals surface area contributed by atoms with Crippen LogP contribution in [0.15, 0.2) is 0 Å². The third-order valence-corrected chi connectivity index (χ3v) is 2.64. The zero-order chi connectivity index (χ0) is 9.61. The average molecular weight is 171 g/mol. The fourth-order valence-corrected chi connectivity index (χ4v) is 2.06. The van der Waals surface area contributed by atoms with Gasteiger partial charge in [-0.2, -0.15) is 0 Å². The Kier molecular flexibility index (Phi) is 5.56. The van der Waals surface area contributed by atoms with Crippen molar-refractivity contribution in [2.24, 2.45) is 5.41 Å². The number of fused-ring (bicyclic) bond motifs is 2. The number of hydrogen-bond donors (Lipinski definition) is 1. The molecule has 0 aromatic heterocycles. The zero-order valence-electron chi connectivity index (χ0n) is 9.41. The summed E-state index contributed by atoms with van der Waals surface area (Å²) in [6.45, 7) is 11.7. The lowest BCUT2D eigenvalue weighted by Gasteiger charge is -2.50. The quantitative estimate of drug-likeness (QED) is 0.590. The van der Waals surface area contributed by atoms with Crippen LogP contribution in [-0.4, -0.2) is 12.6 Å². The Bertz CT molecular complexity index is 98.1. The second-order valence-electron chi connectivity index (χ2n) is 3.62. The Morgan fingerprint density at radius 2 is 1.58 bits per heavy atom. The minimum atomic E-state index is 0.760. The second-order valence-corrected chi connectivity index (χ2v) is 3.62. The van der Waals surface area contributed by atoms with E-state index >= 15 is 0 Å². The summed E-state index contributed by atoms with van der Waals surface area (Å²) in [6, 6.07) is 0.897. The SMILES string of the molecule is CC.CC.CC12CCNC(C1)C2. The maximum Gasteiger partial charge on any atom is 0.00774 e. The standard InChI is InChI=1S/C7H13N.2C2H6/c1-7-2-3-8-6(4-7)5-7;2*1-2/h6,8H,2-5H2,1H3;2*1-2H3. The van der Waals surface area contributed by atoms with Gasteiger partial charge in [-0.1, -0.05) is 34.6 Å². The molecule has 2 aliphatic heterocycles.